The van der Waals surface area contributed by atoms with E-state index in [2.05, 4.69) is 36.0 Å². The molecule has 1 aromatic carbocycles. The summed E-state index contributed by atoms with van der Waals surface area (Å²) in [6, 6.07) is 9.08. The molecule has 152 valence electrons. The Balaban J connectivity index is 0.000000878. The number of nitrogens with two attached hydrogens (primary N) is 2. The van der Waals surface area contributed by atoms with E-state index in [9.17, 15) is 4.79 Å². The molecule has 0 spiro atoms. The van der Waals surface area contributed by atoms with Crippen LogP contribution in [0.15, 0.2) is 54.4 Å². The van der Waals surface area contributed by atoms with Gasteiger partial charge in [-0.15, -0.1) is 0 Å². The quantitative estimate of drug-likeness (QED) is 0.569. The summed E-state index contributed by atoms with van der Waals surface area (Å²) in [5.41, 5.74) is 12.5. The maximum atomic E-state index is 12.1. The Morgan fingerprint density at radius 2 is 2.07 bits per heavy atom. The number of ether oxygens (including phenoxy) is 2. The Morgan fingerprint density at radius 1 is 1.36 bits per heavy atom. The van der Waals surface area contributed by atoms with Gasteiger partial charge in [0.05, 0.1) is 6.10 Å². The fourth-order valence-electron chi connectivity index (χ4n) is 3.15. The lowest BCUT2D eigenvalue weighted by atomic mass is 10.1. The predicted octanol–water partition coefficient (Wildman–Crippen LogP) is 1.83. The first-order valence-corrected chi connectivity index (χ1v) is 9.42. The van der Waals surface area contributed by atoms with Crippen molar-refractivity contribution < 1.29 is 19.1 Å². The van der Waals surface area contributed by atoms with E-state index in [0.717, 1.165) is 24.8 Å². The molecule has 1 amide bonds. The van der Waals surface area contributed by atoms with Crippen LogP contribution in [0.25, 0.3) is 0 Å². The van der Waals surface area contributed by atoms with Crippen molar-refractivity contribution in [1.82, 2.24) is 4.90 Å². The zero-order valence-electron chi connectivity index (χ0n) is 16.2. The molecule has 0 aromatic heterocycles. The molecule has 7 nitrogen and oxygen atoms in total. The zero-order valence-corrected chi connectivity index (χ0v) is 16.2. The van der Waals surface area contributed by atoms with Gasteiger partial charge in [0.2, 0.25) is 6.41 Å². The van der Waals surface area contributed by atoms with Crippen LogP contribution < -0.4 is 11.5 Å². The lowest BCUT2D eigenvalue weighted by molar-refractivity contribution is -0.150. The zero-order chi connectivity index (χ0) is 20.4. The van der Waals surface area contributed by atoms with Crippen molar-refractivity contribution in [3.05, 3.63) is 59.9 Å². The van der Waals surface area contributed by atoms with Crippen molar-refractivity contribution in [3.63, 3.8) is 0 Å². The molecule has 2 aliphatic heterocycles. The van der Waals surface area contributed by atoms with Gasteiger partial charge in [-0.25, -0.2) is 0 Å². The lowest BCUT2D eigenvalue weighted by Gasteiger charge is -2.27. The van der Waals surface area contributed by atoms with Crippen LogP contribution in [0.5, 0.6) is 0 Å². The topological polar surface area (TPSA) is 108 Å². The molecule has 0 radical (unpaired) electrons. The normalized spacial score (nSPS) is 21.9. The van der Waals surface area contributed by atoms with Crippen molar-refractivity contribution in [2.24, 2.45) is 11.5 Å². The highest BCUT2D eigenvalue weighted by Crippen LogP contribution is 2.26. The number of carbonyl (C=O) groups excluding carboxylic acids is 2. The summed E-state index contributed by atoms with van der Waals surface area (Å²) < 4.78 is 11.4. The molecular weight excluding hydrogens is 358 g/mol. The van der Waals surface area contributed by atoms with Crippen LogP contribution in [0.1, 0.15) is 31.7 Å². The Labute approximate surface area is 166 Å². The Bertz CT molecular complexity index is 690. The van der Waals surface area contributed by atoms with Crippen LogP contribution in [0.3, 0.4) is 0 Å². The SMILES string of the molecule is CC1=CN(C2CCC(COC(=O)C(N)Cc3ccccc3)O2)C=CC1.NC=O. The third kappa shape index (κ3) is 6.83. The highest BCUT2D eigenvalue weighted by atomic mass is 16.6. The smallest absolute Gasteiger partial charge is 0.323 e. The van der Waals surface area contributed by atoms with Gasteiger partial charge in [-0.1, -0.05) is 42.0 Å². The molecule has 3 rings (SSSR count). The van der Waals surface area contributed by atoms with Gasteiger partial charge < -0.3 is 25.8 Å². The van der Waals surface area contributed by atoms with Gasteiger partial charge in [-0.3, -0.25) is 9.59 Å². The highest BCUT2D eigenvalue weighted by Gasteiger charge is 2.30. The maximum absolute atomic E-state index is 12.1. The van der Waals surface area contributed by atoms with E-state index in [4.69, 9.17) is 20.0 Å². The Kier molecular flexibility index (Phi) is 8.71. The predicted molar refractivity (Wildman–Crippen MR) is 107 cm³/mol. The van der Waals surface area contributed by atoms with E-state index >= 15 is 0 Å². The number of carbonyl (C=O) groups is 2. The minimum atomic E-state index is -0.643. The molecular formula is C21H29N3O4. The molecule has 2 heterocycles. The molecule has 0 bridgehead atoms. The second kappa shape index (κ2) is 11.3. The summed E-state index contributed by atoms with van der Waals surface area (Å²) in [6.45, 7) is 2.37. The summed E-state index contributed by atoms with van der Waals surface area (Å²) >= 11 is 0. The summed E-state index contributed by atoms with van der Waals surface area (Å²) in [5, 5.41) is 0. The first-order valence-electron chi connectivity index (χ1n) is 9.42. The third-order valence-corrected chi connectivity index (χ3v) is 4.52. The fraction of sp³-hybridized carbons (Fsp3) is 0.429. The Hall–Kier alpha value is -2.64. The van der Waals surface area contributed by atoms with Gasteiger partial charge >= 0.3 is 5.97 Å². The van der Waals surface area contributed by atoms with Crippen LogP contribution in [0.2, 0.25) is 0 Å². The molecule has 1 fully saturated rings. The number of benzene rings is 1. The minimum absolute atomic E-state index is 0.0215. The lowest BCUT2D eigenvalue weighted by Crippen LogP contribution is -2.36. The summed E-state index contributed by atoms with van der Waals surface area (Å²) in [7, 11) is 0. The molecule has 4 N–H and O–H groups in total. The second-order valence-electron chi connectivity index (χ2n) is 6.86. The van der Waals surface area contributed by atoms with E-state index in [1.54, 1.807) is 0 Å². The number of hydrogen-bond donors (Lipinski definition) is 2. The third-order valence-electron chi connectivity index (χ3n) is 4.52. The monoisotopic (exact) mass is 387 g/mol. The highest BCUT2D eigenvalue weighted by molar-refractivity contribution is 5.75. The van der Waals surface area contributed by atoms with Crippen LogP contribution in [-0.2, 0) is 25.5 Å². The molecule has 7 heteroatoms. The molecule has 0 saturated carbocycles. The van der Waals surface area contributed by atoms with E-state index in [-0.39, 0.29) is 31.3 Å². The number of nitrogens with zero attached hydrogens (tertiary/aromatic N) is 1. The maximum Gasteiger partial charge on any atom is 0.323 e. The van der Waals surface area contributed by atoms with Crippen molar-refractivity contribution >= 4 is 12.4 Å². The molecule has 28 heavy (non-hydrogen) atoms. The average Bonchev–Trinajstić information content (AvgIpc) is 3.16. The number of amides is 1. The average molecular weight is 387 g/mol. The number of primary amides is 1. The standard InChI is InChI=1S/C20H26N2O3.CH3NO/c1-15-6-5-11-22(13-15)19-10-9-17(25-19)14-24-20(23)18(21)12-16-7-3-2-4-8-16;2-1-3/h2-5,7-8,11,13,17-19H,6,9-10,12,14,21H2,1H3;1H,(H2,2,3). The van der Waals surface area contributed by atoms with Crippen LogP contribution in [0, 0.1) is 0 Å². The number of rotatable bonds is 6. The number of allylic oxidation sites excluding steroid dienone is 2. The molecule has 3 unspecified atom stereocenters. The molecule has 2 aliphatic rings. The van der Waals surface area contributed by atoms with Gasteiger partial charge in [0.25, 0.3) is 0 Å². The van der Waals surface area contributed by atoms with E-state index < -0.39 is 6.04 Å². The van der Waals surface area contributed by atoms with Gasteiger partial charge in [-0.2, -0.15) is 0 Å². The minimum Gasteiger partial charge on any atom is -0.462 e. The number of esters is 1. The first-order chi connectivity index (χ1) is 13.5. The summed E-state index contributed by atoms with van der Waals surface area (Å²) in [5.74, 6) is -0.371. The number of hydrogen-bond acceptors (Lipinski definition) is 6. The van der Waals surface area contributed by atoms with Gasteiger partial charge in [0.15, 0.2) is 0 Å². The Morgan fingerprint density at radius 3 is 2.75 bits per heavy atom. The molecule has 3 atom stereocenters. The summed E-state index contributed by atoms with van der Waals surface area (Å²) in [6.07, 6.45) is 9.79. The second-order valence-corrected chi connectivity index (χ2v) is 6.86. The van der Waals surface area contributed by atoms with Crippen molar-refractivity contribution in [2.75, 3.05) is 6.61 Å². The van der Waals surface area contributed by atoms with Gasteiger partial charge in [0, 0.05) is 12.4 Å². The van der Waals surface area contributed by atoms with E-state index in [1.165, 1.54) is 5.57 Å². The van der Waals surface area contributed by atoms with Crippen LogP contribution in [0.4, 0.5) is 0 Å². The van der Waals surface area contributed by atoms with Crippen molar-refractivity contribution in [1.29, 1.82) is 0 Å². The molecule has 1 saturated heterocycles. The van der Waals surface area contributed by atoms with Gasteiger partial charge in [0.1, 0.15) is 18.9 Å². The van der Waals surface area contributed by atoms with Crippen LogP contribution >= 0.6 is 0 Å². The first kappa shape index (κ1) is 21.7. The summed E-state index contributed by atoms with van der Waals surface area (Å²) in [4.78, 5) is 22.8. The van der Waals surface area contributed by atoms with E-state index in [0.29, 0.717) is 6.42 Å². The molecule has 1 aromatic rings. The van der Waals surface area contributed by atoms with E-state index in [1.807, 2.05) is 30.3 Å². The molecule has 0 aliphatic carbocycles. The van der Waals surface area contributed by atoms with Gasteiger partial charge in [-0.05, 0) is 38.2 Å². The fourth-order valence-corrected chi connectivity index (χ4v) is 3.15. The van der Waals surface area contributed by atoms with Crippen molar-refractivity contribution in [3.8, 4) is 0 Å². The largest absolute Gasteiger partial charge is 0.462 e. The van der Waals surface area contributed by atoms with Crippen LogP contribution in [-0.4, -0.2) is 42.3 Å². The van der Waals surface area contributed by atoms with Crippen molar-refractivity contribution in [2.45, 2.75) is 51.0 Å².